The Morgan fingerprint density at radius 3 is 2.96 bits per heavy atom. The highest BCUT2D eigenvalue weighted by Crippen LogP contribution is 2.23. The lowest BCUT2D eigenvalue weighted by atomic mass is 10.1. The molecular formula is C18H18N4O2. The first-order valence-electron chi connectivity index (χ1n) is 7.98. The van der Waals surface area contributed by atoms with E-state index in [9.17, 15) is 4.79 Å². The van der Waals surface area contributed by atoms with E-state index in [0.29, 0.717) is 25.3 Å². The number of carbonyl (C=O) groups is 1. The average Bonchev–Trinajstić information content (AvgIpc) is 3.01. The molecule has 1 aliphatic heterocycles. The molecule has 2 aromatic heterocycles. The minimum atomic E-state index is -0.108. The number of benzene rings is 1. The fraction of sp³-hybridized carbons (Fsp3) is 0.278. The number of aromatic amines is 1. The van der Waals surface area contributed by atoms with E-state index < -0.39 is 0 Å². The minimum absolute atomic E-state index is 0.0199. The van der Waals surface area contributed by atoms with E-state index >= 15 is 0 Å². The summed E-state index contributed by atoms with van der Waals surface area (Å²) in [5, 5.41) is 0. The quantitative estimate of drug-likeness (QED) is 0.787. The van der Waals surface area contributed by atoms with Crippen LogP contribution in [0.4, 0.5) is 0 Å². The molecule has 0 unspecified atom stereocenters. The molecule has 3 heterocycles. The fourth-order valence-electron chi connectivity index (χ4n) is 3.07. The fourth-order valence-corrected chi connectivity index (χ4v) is 3.07. The smallest absolute Gasteiger partial charge is 0.254 e. The summed E-state index contributed by atoms with van der Waals surface area (Å²) in [6.45, 7) is 3.58. The largest absolute Gasteiger partial charge is 0.370 e. The van der Waals surface area contributed by atoms with Crippen LogP contribution in [0.15, 0.2) is 42.7 Å². The number of carbonyl (C=O) groups excluding carboxylic acids is 1. The van der Waals surface area contributed by atoms with Gasteiger partial charge < -0.3 is 14.6 Å². The molecule has 4 rings (SSSR count). The Balaban J connectivity index is 1.56. The number of H-pyrrole nitrogens is 1. The Hall–Kier alpha value is -2.73. The Morgan fingerprint density at radius 1 is 1.29 bits per heavy atom. The molecule has 1 aromatic carbocycles. The summed E-state index contributed by atoms with van der Waals surface area (Å²) in [7, 11) is 0. The van der Waals surface area contributed by atoms with Crippen molar-refractivity contribution in [1.29, 1.82) is 0 Å². The topological polar surface area (TPSA) is 71.1 Å². The number of ether oxygens (including phenoxy) is 1. The molecule has 1 N–H and O–H groups in total. The maximum absolute atomic E-state index is 12.9. The molecule has 0 spiro atoms. The highest BCUT2D eigenvalue weighted by molar-refractivity contribution is 5.97. The van der Waals surface area contributed by atoms with E-state index in [4.69, 9.17) is 4.74 Å². The summed E-state index contributed by atoms with van der Waals surface area (Å²) >= 11 is 0. The zero-order chi connectivity index (χ0) is 16.5. The number of hydrogen-bond acceptors (Lipinski definition) is 4. The van der Waals surface area contributed by atoms with Crippen LogP contribution in [0.25, 0.3) is 11.0 Å². The highest BCUT2D eigenvalue weighted by atomic mass is 16.5. The Kier molecular flexibility index (Phi) is 3.74. The number of rotatable bonds is 2. The van der Waals surface area contributed by atoms with Gasteiger partial charge in [0.1, 0.15) is 11.9 Å². The summed E-state index contributed by atoms with van der Waals surface area (Å²) in [5.41, 5.74) is 3.47. The first-order chi connectivity index (χ1) is 11.7. The zero-order valence-electron chi connectivity index (χ0n) is 13.4. The van der Waals surface area contributed by atoms with E-state index in [1.807, 2.05) is 42.2 Å². The SMILES string of the molecule is Cc1nc2ccc(C(=O)N3CCO[C@@H](c4ccncc4)C3)cc2[nH]1. The molecule has 3 aromatic rings. The van der Waals surface area contributed by atoms with Crippen molar-refractivity contribution in [3.8, 4) is 0 Å². The number of aromatic nitrogens is 3. The number of hydrogen-bond donors (Lipinski definition) is 1. The number of nitrogens with one attached hydrogen (secondary N) is 1. The van der Waals surface area contributed by atoms with E-state index in [1.54, 1.807) is 12.4 Å². The monoisotopic (exact) mass is 322 g/mol. The molecule has 1 amide bonds. The molecule has 1 fully saturated rings. The third-order valence-electron chi connectivity index (χ3n) is 4.28. The van der Waals surface area contributed by atoms with E-state index in [1.165, 1.54) is 0 Å². The van der Waals surface area contributed by atoms with Gasteiger partial charge in [0, 0.05) is 24.5 Å². The molecule has 24 heavy (non-hydrogen) atoms. The number of pyridine rings is 1. The molecule has 1 saturated heterocycles. The lowest BCUT2D eigenvalue weighted by Crippen LogP contribution is -2.42. The Bertz CT molecular complexity index is 875. The zero-order valence-corrected chi connectivity index (χ0v) is 13.4. The van der Waals surface area contributed by atoms with Crippen molar-refractivity contribution in [2.45, 2.75) is 13.0 Å². The van der Waals surface area contributed by atoms with Crippen LogP contribution in [-0.2, 0) is 4.74 Å². The van der Waals surface area contributed by atoms with Crippen molar-refractivity contribution >= 4 is 16.9 Å². The molecule has 6 heteroatoms. The van der Waals surface area contributed by atoms with Crippen molar-refractivity contribution < 1.29 is 9.53 Å². The van der Waals surface area contributed by atoms with Crippen molar-refractivity contribution in [3.63, 3.8) is 0 Å². The first-order valence-corrected chi connectivity index (χ1v) is 7.98. The molecule has 1 aliphatic rings. The van der Waals surface area contributed by atoms with Crippen LogP contribution in [0.1, 0.15) is 27.8 Å². The molecule has 0 radical (unpaired) electrons. The van der Waals surface area contributed by atoms with Crippen LogP contribution in [0.3, 0.4) is 0 Å². The lowest BCUT2D eigenvalue weighted by molar-refractivity contribution is -0.0228. The number of fused-ring (bicyclic) bond motifs is 1. The second kappa shape index (κ2) is 6.05. The van der Waals surface area contributed by atoms with Gasteiger partial charge in [-0.1, -0.05) is 0 Å². The molecule has 6 nitrogen and oxygen atoms in total. The second-order valence-electron chi connectivity index (χ2n) is 5.95. The van der Waals surface area contributed by atoms with Gasteiger partial charge in [0.05, 0.1) is 24.2 Å². The number of morpholine rings is 1. The predicted molar refractivity (Wildman–Crippen MR) is 89.7 cm³/mol. The lowest BCUT2D eigenvalue weighted by Gasteiger charge is -2.33. The highest BCUT2D eigenvalue weighted by Gasteiger charge is 2.26. The van der Waals surface area contributed by atoms with Gasteiger partial charge >= 0.3 is 0 Å². The van der Waals surface area contributed by atoms with Gasteiger partial charge in [-0.2, -0.15) is 0 Å². The third kappa shape index (κ3) is 2.76. The van der Waals surface area contributed by atoms with E-state index in [-0.39, 0.29) is 12.0 Å². The van der Waals surface area contributed by atoms with Crippen LogP contribution in [0.5, 0.6) is 0 Å². The van der Waals surface area contributed by atoms with Crippen molar-refractivity contribution in [2.24, 2.45) is 0 Å². The van der Waals surface area contributed by atoms with Gasteiger partial charge in [-0.25, -0.2) is 4.98 Å². The number of nitrogens with zero attached hydrogens (tertiary/aromatic N) is 3. The van der Waals surface area contributed by atoms with Crippen LogP contribution >= 0.6 is 0 Å². The number of amides is 1. The Morgan fingerprint density at radius 2 is 2.12 bits per heavy atom. The maximum atomic E-state index is 12.9. The molecule has 0 aliphatic carbocycles. The van der Waals surface area contributed by atoms with Crippen molar-refractivity contribution in [2.75, 3.05) is 19.7 Å². The summed E-state index contributed by atoms with van der Waals surface area (Å²) in [6, 6.07) is 9.44. The first kappa shape index (κ1) is 14.8. The summed E-state index contributed by atoms with van der Waals surface area (Å²) in [5.74, 6) is 0.866. The molecule has 0 bridgehead atoms. The summed E-state index contributed by atoms with van der Waals surface area (Å²) in [4.78, 5) is 26.3. The summed E-state index contributed by atoms with van der Waals surface area (Å²) < 4.78 is 5.82. The molecular weight excluding hydrogens is 304 g/mol. The molecule has 122 valence electrons. The third-order valence-corrected chi connectivity index (χ3v) is 4.28. The maximum Gasteiger partial charge on any atom is 0.254 e. The predicted octanol–water partition coefficient (Wildman–Crippen LogP) is 2.48. The minimum Gasteiger partial charge on any atom is -0.370 e. The van der Waals surface area contributed by atoms with Gasteiger partial charge in [-0.15, -0.1) is 0 Å². The van der Waals surface area contributed by atoms with Gasteiger partial charge in [-0.3, -0.25) is 9.78 Å². The second-order valence-corrected chi connectivity index (χ2v) is 5.95. The van der Waals surface area contributed by atoms with Crippen LogP contribution in [0, 0.1) is 6.92 Å². The van der Waals surface area contributed by atoms with Gasteiger partial charge in [0.15, 0.2) is 0 Å². The van der Waals surface area contributed by atoms with Gasteiger partial charge in [-0.05, 0) is 42.8 Å². The van der Waals surface area contributed by atoms with Crippen LogP contribution in [0.2, 0.25) is 0 Å². The molecule has 0 saturated carbocycles. The van der Waals surface area contributed by atoms with Crippen molar-refractivity contribution in [1.82, 2.24) is 19.9 Å². The normalized spacial score (nSPS) is 18.0. The van der Waals surface area contributed by atoms with E-state index in [2.05, 4.69) is 15.0 Å². The van der Waals surface area contributed by atoms with Gasteiger partial charge in [0.25, 0.3) is 5.91 Å². The van der Waals surface area contributed by atoms with Gasteiger partial charge in [0.2, 0.25) is 0 Å². The van der Waals surface area contributed by atoms with E-state index in [0.717, 1.165) is 22.4 Å². The van der Waals surface area contributed by atoms with Crippen LogP contribution < -0.4 is 0 Å². The standard InChI is InChI=1S/C18H18N4O2/c1-12-20-15-3-2-14(10-16(15)21-12)18(23)22-8-9-24-17(11-22)13-4-6-19-7-5-13/h2-7,10,17H,8-9,11H2,1H3,(H,20,21)/t17-/m1/s1. The van der Waals surface area contributed by atoms with Crippen molar-refractivity contribution in [3.05, 3.63) is 59.7 Å². The Labute approximate surface area is 139 Å². The number of aryl methyl sites for hydroxylation is 1. The molecule has 1 atom stereocenters. The summed E-state index contributed by atoms with van der Waals surface area (Å²) in [6.07, 6.45) is 3.38. The van der Waals surface area contributed by atoms with Crippen LogP contribution in [-0.4, -0.2) is 45.5 Å². The number of imidazole rings is 1. The average molecular weight is 322 g/mol.